The lowest BCUT2D eigenvalue weighted by atomic mass is 10.1. The molecule has 3 aromatic rings. The molecule has 0 unspecified atom stereocenters. The number of aromatic nitrogens is 3. The van der Waals surface area contributed by atoms with E-state index in [0.717, 1.165) is 48.7 Å². The third-order valence-electron chi connectivity index (χ3n) is 5.37. The van der Waals surface area contributed by atoms with Crippen molar-refractivity contribution in [1.29, 1.82) is 0 Å². The molecule has 0 amide bonds. The molecule has 0 spiro atoms. The van der Waals surface area contributed by atoms with Gasteiger partial charge in [-0.25, -0.2) is 9.07 Å². The standard InChI is InChI=1S/C20H20FN5/c21-16-8-6-14(7-9-16)11-25-12-17-19(13-25)26-18(10-22-17)20(23-24-26)15-4-2-1-3-5-15/h1-9,17,19,22H,10-13H2/t17-,19-/m1/s1. The van der Waals surface area contributed by atoms with Crippen molar-refractivity contribution in [3.63, 3.8) is 0 Å². The van der Waals surface area contributed by atoms with Gasteiger partial charge in [-0.3, -0.25) is 4.90 Å². The van der Waals surface area contributed by atoms with Crippen molar-refractivity contribution in [3.05, 3.63) is 71.7 Å². The van der Waals surface area contributed by atoms with E-state index in [1.165, 1.54) is 12.1 Å². The first-order valence-corrected chi connectivity index (χ1v) is 8.97. The molecule has 0 bridgehead atoms. The predicted octanol–water partition coefficient (Wildman–Crippen LogP) is 2.61. The average molecular weight is 349 g/mol. The van der Waals surface area contributed by atoms with Crippen molar-refractivity contribution in [2.24, 2.45) is 0 Å². The van der Waals surface area contributed by atoms with Crippen LogP contribution in [-0.2, 0) is 13.1 Å². The molecule has 2 aromatic carbocycles. The zero-order valence-electron chi connectivity index (χ0n) is 14.3. The lowest BCUT2D eigenvalue weighted by Crippen LogP contribution is -2.42. The quantitative estimate of drug-likeness (QED) is 0.790. The number of hydrogen-bond acceptors (Lipinski definition) is 4. The Morgan fingerprint density at radius 3 is 2.65 bits per heavy atom. The summed E-state index contributed by atoms with van der Waals surface area (Å²) in [4.78, 5) is 2.40. The molecule has 0 radical (unpaired) electrons. The van der Waals surface area contributed by atoms with Gasteiger partial charge in [0.1, 0.15) is 11.5 Å². The van der Waals surface area contributed by atoms with Gasteiger partial charge in [-0.15, -0.1) is 5.10 Å². The highest BCUT2D eigenvalue weighted by atomic mass is 19.1. The van der Waals surface area contributed by atoms with Gasteiger partial charge in [0.25, 0.3) is 0 Å². The van der Waals surface area contributed by atoms with E-state index in [1.807, 2.05) is 30.3 Å². The fourth-order valence-electron chi connectivity index (χ4n) is 4.08. The second-order valence-corrected chi connectivity index (χ2v) is 7.07. The summed E-state index contributed by atoms with van der Waals surface area (Å²) in [6, 6.07) is 17.6. The third kappa shape index (κ3) is 2.71. The van der Waals surface area contributed by atoms with Crippen molar-refractivity contribution < 1.29 is 4.39 Å². The van der Waals surface area contributed by atoms with Gasteiger partial charge in [-0.05, 0) is 17.7 Å². The first kappa shape index (κ1) is 15.7. The van der Waals surface area contributed by atoms with Crippen molar-refractivity contribution in [2.45, 2.75) is 25.2 Å². The van der Waals surface area contributed by atoms with E-state index in [9.17, 15) is 4.39 Å². The second-order valence-electron chi connectivity index (χ2n) is 7.07. The van der Waals surface area contributed by atoms with Crippen LogP contribution in [0.4, 0.5) is 4.39 Å². The largest absolute Gasteiger partial charge is 0.305 e. The number of hydrogen-bond donors (Lipinski definition) is 1. The minimum Gasteiger partial charge on any atom is -0.305 e. The maximum absolute atomic E-state index is 13.1. The summed E-state index contributed by atoms with van der Waals surface area (Å²) < 4.78 is 15.2. The monoisotopic (exact) mass is 349 g/mol. The molecule has 1 N–H and O–H groups in total. The van der Waals surface area contributed by atoms with Gasteiger partial charge in [0, 0.05) is 37.8 Å². The van der Waals surface area contributed by atoms with Crippen LogP contribution >= 0.6 is 0 Å². The predicted molar refractivity (Wildman–Crippen MR) is 96.8 cm³/mol. The van der Waals surface area contributed by atoms with Crippen LogP contribution in [0.1, 0.15) is 17.3 Å². The molecule has 5 nitrogen and oxygen atoms in total. The summed E-state index contributed by atoms with van der Waals surface area (Å²) in [7, 11) is 0. The van der Waals surface area contributed by atoms with Crippen molar-refractivity contribution in [3.8, 4) is 11.3 Å². The second kappa shape index (κ2) is 6.30. The molecule has 1 saturated heterocycles. The Hall–Kier alpha value is -2.57. The molecule has 0 saturated carbocycles. The molecule has 3 heterocycles. The van der Waals surface area contributed by atoms with Crippen LogP contribution in [0.2, 0.25) is 0 Å². The van der Waals surface area contributed by atoms with Crippen LogP contribution in [0.3, 0.4) is 0 Å². The summed E-state index contributed by atoms with van der Waals surface area (Å²) in [6.45, 7) is 3.48. The number of halogens is 1. The minimum atomic E-state index is -0.189. The molecular formula is C20H20FN5. The Labute approximate surface area is 151 Å². The Bertz CT molecular complexity index is 906. The summed E-state index contributed by atoms with van der Waals surface area (Å²) >= 11 is 0. The van der Waals surface area contributed by atoms with Gasteiger partial charge in [-0.1, -0.05) is 47.7 Å². The van der Waals surface area contributed by atoms with Crippen molar-refractivity contribution in [2.75, 3.05) is 13.1 Å². The zero-order chi connectivity index (χ0) is 17.5. The van der Waals surface area contributed by atoms with E-state index >= 15 is 0 Å². The van der Waals surface area contributed by atoms with Gasteiger partial charge < -0.3 is 5.32 Å². The SMILES string of the molecule is Fc1ccc(CN2C[C@@H]3[C@@H](C2)NCc2c(-c4ccccc4)nnn23)cc1. The molecule has 2 atom stereocenters. The fraction of sp³-hybridized carbons (Fsp3) is 0.300. The summed E-state index contributed by atoms with van der Waals surface area (Å²) in [5.74, 6) is -0.189. The van der Waals surface area contributed by atoms with Gasteiger partial charge in [0.2, 0.25) is 0 Å². The minimum absolute atomic E-state index is 0.189. The maximum Gasteiger partial charge on any atom is 0.123 e. The molecule has 5 rings (SSSR count). The molecule has 2 aliphatic rings. The summed E-state index contributed by atoms with van der Waals surface area (Å²) in [5, 5.41) is 12.6. The van der Waals surface area contributed by atoms with E-state index in [-0.39, 0.29) is 11.9 Å². The van der Waals surface area contributed by atoms with E-state index in [2.05, 4.69) is 37.3 Å². The number of fused-ring (bicyclic) bond motifs is 3. The molecule has 1 fully saturated rings. The highest BCUT2D eigenvalue weighted by Gasteiger charge is 2.39. The van der Waals surface area contributed by atoms with E-state index in [4.69, 9.17) is 0 Å². The van der Waals surface area contributed by atoms with E-state index in [1.54, 1.807) is 0 Å². The Kier molecular flexibility index (Phi) is 3.80. The van der Waals surface area contributed by atoms with Crippen molar-refractivity contribution >= 4 is 0 Å². The molecule has 6 heteroatoms. The third-order valence-corrected chi connectivity index (χ3v) is 5.37. The maximum atomic E-state index is 13.1. The molecule has 1 aromatic heterocycles. The zero-order valence-corrected chi connectivity index (χ0v) is 14.3. The number of benzene rings is 2. The van der Waals surface area contributed by atoms with Crippen LogP contribution in [-0.4, -0.2) is 39.0 Å². The molecule has 26 heavy (non-hydrogen) atoms. The van der Waals surface area contributed by atoms with Crippen LogP contribution in [0.15, 0.2) is 54.6 Å². The summed E-state index contributed by atoms with van der Waals surface area (Å²) in [5.41, 5.74) is 4.36. The van der Waals surface area contributed by atoms with E-state index in [0.29, 0.717) is 6.04 Å². The van der Waals surface area contributed by atoms with Gasteiger partial charge in [0.05, 0.1) is 11.7 Å². The van der Waals surface area contributed by atoms with Crippen molar-refractivity contribution in [1.82, 2.24) is 25.2 Å². The number of rotatable bonds is 3. The highest BCUT2D eigenvalue weighted by molar-refractivity contribution is 5.61. The van der Waals surface area contributed by atoms with E-state index < -0.39 is 0 Å². The van der Waals surface area contributed by atoms with Gasteiger partial charge in [-0.2, -0.15) is 0 Å². The normalized spacial score (nSPS) is 22.2. The first-order chi connectivity index (χ1) is 12.8. The Morgan fingerprint density at radius 2 is 1.85 bits per heavy atom. The van der Waals surface area contributed by atoms with Crippen LogP contribution in [0, 0.1) is 5.82 Å². The van der Waals surface area contributed by atoms with Crippen LogP contribution in [0.5, 0.6) is 0 Å². The van der Waals surface area contributed by atoms with Gasteiger partial charge in [0.15, 0.2) is 0 Å². The Balaban J connectivity index is 1.37. The number of nitrogens with zero attached hydrogens (tertiary/aromatic N) is 4. The van der Waals surface area contributed by atoms with Crippen LogP contribution < -0.4 is 5.32 Å². The topological polar surface area (TPSA) is 46.0 Å². The average Bonchev–Trinajstić information content (AvgIpc) is 3.27. The number of likely N-dealkylation sites (tertiary alicyclic amines) is 1. The molecular weight excluding hydrogens is 329 g/mol. The molecule has 2 aliphatic heterocycles. The smallest absolute Gasteiger partial charge is 0.123 e. The number of nitrogens with one attached hydrogen (secondary N) is 1. The lowest BCUT2D eigenvalue weighted by Gasteiger charge is -2.27. The van der Waals surface area contributed by atoms with Gasteiger partial charge >= 0.3 is 0 Å². The lowest BCUT2D eigenvalue weighted by molar-refractivity contribution is 0.307. The van der Waals surface area contributed by atoms with Crippen LogP contribution in [0.25, 0.3) is 11.3 Å². The first-order valence-electron chi connectivity index (χ1n) is 8.97. The fourth-order valence-corrected chi connectivity index (χ4v) is 4.08. The molecule has 0 aliphatic carbocycles. The Morgan fingerprint density at radius 1 is 1.04 bits per heavy atom. The highest BCUT2D eigenvalue weighted by Crippen LogP contribution is 2.31. The summed E-state index contributed by atoms with van der Waals surface area (Å²) in [6.07, 6.45) is 0. The molecule has 132 valence electrons.